The lowest BCUT2D eigenvalue weighted by molar-refractivity contribution is -0.119. The highest BCUT2D eigenvalue weighted by molar-refractivity contribution is 6.33. The van der Waals surface area contributed by atoms with E-state index in [1.165, 1.54) is 0 Å². The fourth-order valence-corrected chi connectivity index (χ4v) is 1.37. The Labute approximate surface area is 104 Å². The van der Waals surface area contributed by atoms with Crippen molar-refractivity contribution in [2.24, 2.45) is 0 Å². The molecule has 6 heteroatoms. The molecule has 17 heavy (non-hydrogen) atoms. The van der Waals surface area contributed by atoms with Crippen molar-refractivity contribution in [2.75, 3.05) is 18.4 Å². The highest BCUT2D eigenvalue weighted by Gasteiger charge is 2.04. The van der Waals surface area contributed by atoms with Crippen molar-refractivity contribution in [1.29, 1.82) is 5.26 Å². The summed E-state index contributed by atoms with van der Waals surface area (Å²) in [6.45, 7) is -0.0896. The molecule has 1 aromatic carbocycles. The second-order valence-corrected chi connectivity index (χ2v) is 3.67. The van der Waals surface area contributed by atoms with Gasteiger partial charge in [-0.3, -0.25) is 4.79 Å². The number of aliphatic hydroxyl groups excluding tert-OH is 1. The first-order chi connectivity index (χ1) is 8.17. The average molecular weight is 254 g/mol. The zero-order valence-corrected chi connectivity index (χ0v) is 9.79. The summed E-state index contributed by atoms with van der Waals surface area (Å²) < 4.78 is 0. The van der Waals surface area contributed by atoms with Crippen LogP contribution in [0.15, 0.2) is 18.2 Å². The molecular weight excluding hydrogens is 242 g/mol. The quantitative estimate of drug-likeness (QED) is 0.680. The summed E-state index contributed by atoms with van der Waals surface area (Å²) in [6.07, 6.45) is 0. The van der Waals surface area contributed by atoms with Gasteiger partial charge in [-0.15, -0.1) is 0 Å². The van der Waals surface area contributed by atoms with Crippen molar-refractivity contribution in [3.05, 3.63) is 28.8 Å². The SMILES string of the molecule is N#CCNC(=O)CNc1cc(CO)ccc1Cl. The molecule has 3 N–H and O–H groups in total. The number of benzene rings is 1. The highest BCUT2D eigenvalue weighted by atomic mass is 35.5. The van der Waals surface area contributed by atoms with Gasteiger partial charge in [-0.1, -0.05) is 17.7 Å². The summed E-state index contributed by atoms with van der Waals surface area (Å²) >= 11 is 5.91. The van der Waals surface area contributed by atoms with E-state index >= 15 is 0 Å². The molecule has 0 fully saturated rings. The van der Waals surface area contributed by atoms with Crippen molar-refractivity contribution in [3.8, 4) is 6.07 Å². The third-order valence-electron chi connectivity index (χ3n) is 2.02. The number of anilines is 1. The van der Waals surface area contributed by atoms with Gasteiger partial charge < -0.3 is 15.7 Å². The predicted molar refractivity (Wildman–Crippen MR) is 64.5 cm³/mol. The summed E-state index contributed by atoms with van der Waals surface area (Å²) in [5.41, 5.74) is 1.28. The Balaban J connectivity index is 2.57. The molecule has 5 nitrogen and oxygen atoms in total. The first-order valence-corrected chi connectivity index (χ1v) is 5.32. The van der Waals surface area contributed by atoms with Crippen molar-refractivity contribution in [3.63, 3.8) is 0 Å². The summed E-state index contributed by atoms with van der Waals surface area (Å²) in [5, 5.41) is 22.9. The van der Waals surface area contributed by atoms with Crippen LogP contribution in [0.1, 0.15) is 5.56 Å². The molecule has 0 saturated heterocycles. The number of hydrogen-bond acceptors (Lipinski definition) is 4. The smallest absolute Gasteiger partial charge is 0.240 e. The predicted octanol–water partition coefficient (Wildman–Crippen LogP) is 0.884. The van der Waals surface area contributed by atoms with Crippen LogP contribution in [0, 0.1) is 11.3 Å². The van der Waals surface area contributed by atoms with E-state index in [0.29, 0.717) is 16.3 Å². The van der Waals surface area contributed by atoms with Crippen molar-refractivity contribution < 1.29 is 9.90 Å². The third-order valence-corrected chi connectivity index (χ3v) is 2.35. The van der Waals surface area contributed by atoms with Crippen LogP contribution in [0.25, 0.3) is 0 Å². The van der Waals surface area contributed by atoms with Gasteiger partial charge in [-0.25, -0.2) is 0 Å². The maximum Gasteiger partial charge on any atom is 0.240 e. The molecule has 1 amide bonds. The van der Waals surface area contributed by atoms with E-state index in [-0.39, 0.29) is 25.6 Å². The van der Waals surface area contributed by atoms with Crippen LogP contribution in [0.4, 0.5) is 5.69 Å². The van der Waals surface area contributed by atoms with E-state index in [4.69, 9.17) is 22.0 Å². The van der Waals surface area contributed by atoms with Gasteiger partial charge in [0.1, 0.15) is 6.54 Å². The first-order valence-electron chi connectivity index (χ1n) is 4.94. The number of carbonyl (C=O) groups excluding carboxylic acids is 1. The van der Waals surface area contributed by atoms with Gasteiger partial charge in [-0.05, 0) is 17.7 Å². The van der Waals surface area contributed by atoms with Crippen molar-refractivity contribution >= 4 is 23.2 Å². The molecule has 0 radical (unpaired) electrons. The zero-order valence-electron chi connectivity index (χ0n) is 9.03. The molecule has 0 unspecified atom stereocenters. The van der Waals surface area contributed by atoms with Crippen LogP contribution >= 0.6 is 11.6 Å². The van der Waals surface area contributed by atoms with E-state index < -0.39 is 0 Å². The van der Waals surface area contributed by atoms with E-state index in [9.17, 15) is 4.79 Å². The lowest BCUT2D eigenvalue weighted by atomic mass is 10.2. The van der Waals surface area contributed by atoms with Gasteiger partial charge >= 0.3 is 0 Å². The minimum Gasteiger partial charge on any atom is -0.392 e. The number of carbonyl (C=O) groups is 1. The number of halogens is 1. The van der Waals surface area contributed by atoms with E-state index in [1.54, 1.807) is 18.2 Å². The van der Waals surface area contributed by atoms with Crippen molar-refractivity contribution in [1.82, 2.24) is 5.32 Å². The molecule has 0 saturated carbocycles. The number of aliphatic hydroxyl groups is 1. The Morgan fingerprint density at radius 3 is 2.94 bits per heavy atom. The first kappa shape index (κ1) is 13.3. The molecule has 90 valence electrons. The summed E-state index contributed by atoms with van der Waals surface area (Å²) in [7, 11) is 0. The second kappa shape index (κ2) is 6.74. The normalized spacial score (nSPS) is 9.47. The van der Waals surface area contributed by atoms with Crippen LogP contribution in [-0.4, -0.2) is 24.1 Å². The number of nitrogens with zero attached hydrogens (tertiary/aromatic N) is 1. The molecule has 1 aromatic rings. The van der Waals surface area contributed by atoms with Gasteiger partial charge in [0, 0.05) is 0 Å². The minimum atomic E-state index is -0.294. The summed E-state index contributed by atoms with van der Waals surface area (Å²) in [5.74, 6) is -0.294. The monoisotopic (exact) mass is 253 g/mol. The van der Waals surface area contributed by atoms with Gasteiger partial charge in [0.05, 0.1) is 29.9 Å². The number of nitrogens with one attached hydrogen (secondary N) is 2. The number of nitriles is 1. The van der Waals surface area contributed by atoms with Crippen LogP contribution in [0.5, 0.6) is 0 Å². The standard InChI is InChI=1S/C11H12ClN3O2/c12-9-2-1-8(7-16)5-10(9)15-6-11(17)14-4-3-13/h1-2,5,15-16H,4,6-7H2,(H,14,17). The fraction of sp³-hybridized carbons (Fsp3) is 0.273. The minimum absolute atomic E-state index is 0.0229. The molecular formula is C11H12ClN3O2. The maximum absolute atomic E-state index is 11.2. The summed E-state index contributed by atoms with van der Waals surface area (Å²) in [6, 6.07) is 6.81. The van der Waals surface area contributed by atoms with Crippen LogP contribution in [0.2, 0.25) is 5.02 Å². The topological polar surface area (TPSA) is 85.2 Å². The Bertz CT molecular complexity index is 443. The number of hydrogen-bond donors (Lipinski definition) is 3. The molecule has 1 rings (SSSR count). The van der Waals surface area contributed by atoms with Gasteiger partial charge in [0.15, 0.2) is 0 Å². The number of rotatable bonds is 5. The Morgan fingerprint density at radius 1 is 1.53 bits per heavy atom. The zero-order chi connectivity index (χ0) is 12.7. The number of amides is 1. The largest absolute Gasteiger partial charge is 0.392 e. The van der Waals surface area contributed by atoms with Gasteiger partial charge in [0.2, 0.25) is 5.91 Å². The second-order valence-electron chi connectivity index (χ2n) is 3.26. The summed E-state index contributed by atoms with van der Waals surface area (Å²) in [4.78, 5) is 11.2. The molecule has 0 atom stereocenters. The lowest BCUT2D eigenvalue weighted by Crippen LogP contribution is -2.30. The molecule has 0 heterocycles. The Hall–Kier alpha value is -1.77. The fourth-order valence-electron chi connectivity index (χ4n) is 1.18. The Morgan fingerprint density at radius 2 is 2.29 bits per heavy atom. The van der Waals surface area contributed by atoms with Crippen molar-refractivity contribution in [2.45, 2.75) is 6.61 Å². The van der Waals surface area contributed by atoms with Gasteiger partial charge in [-0.2, -0.15) is 5.26 Å². The molecule has 0 aliphatic heterocycles. The highest BCUT2D eigenvalue weighted by Crippen LogP contribution is 2.22. The maximum atomic E-state index is 11.2. The molecule has 0 bridgehead atoms. The van der Waals surface area contributed by atoms with Crippen LogP contribution < -0.4 is 10.6 Å². The molecule has 0 aliphatic carbocycles. The lowest BCUT2D eigenvalue weighted by Gasteiger charge is -2.09. The molecule has 0 aliphatic rings. The molecule has 0 spiro atoms. The average Bonchev–Trinajstić information content (AvgIpc) is 2.35. The van der Waals surface area contributed by atoms with Crippen LogP contribution in [-0.2, 0) is 11.4 Å². The molecule has 0 aromatic heterocycles. The van der Waals surface area contributed by atoms with E-state index in [0.717, 1.165) is 0 Å². The van der Waals surface area contributed by atoms with E-state index in [2.05, 4.69) is 10.6 Å². The van der Waals surface area contributed by atoms with E-state index in [1.807, 2.05) is 6.07 Å². The Kier molecular flexibility index (Phi) is 5.27. The van der Waals surface area contributed by atoms with Crippen LogP contribution in [0.3, 0.4) is 0 Å². The van der Waals surface area contributed by atoms with Gasteiger partial charge in [0.25, 0.3) is 0 Å². The third kappa shape index (κ3) is 4.31.